The van der Waals surface area contributed by atoms with E-state index < -0.39 is 5.82 Å². The molecule has 3 aromatic rings. The quantitative estimate of drug-likeness (QED) is 0.770. The van der Waals surface area contributed by atoms with E-state index in [1.165, 1.54) is 24.7 Å². The number of nitrogens with two attached hydrogens (primary N) is 1. The topological polar surface area (TPSA) is 65.2 Å². The van der Waals surface area contributed by atoms with Gasteiger partial charge < -0.3 is 14.7 Å². The first kappa shape index (κ1) is 11.8. The molecular weight excluding hydrogens is 271 g/mol. The summed E-state index contributed by atoms with van der Waals surface area (Å²) in [5, 5.41) is 3.90. The third kappa shape index (κ3) is 1.88. The van der Waals surface area contributed by atoms with Crippen molar-refractivity contribution < 1.29 is 13.3 Å². The van der Waals surface area contributed by atoms with Crippen LogP contribution in [0.2, 0.25) is 5.02 Å². The predicted octanol–water partition coefficient (Wildman–Crippen LogP) is 3.98. The average molecular weight is 279 g/mol. The number of halogens is 2. The highest BCUT2D eigenvalue weighted by atomic mass is 35.5. The lowest BCUT2D eigenvalue weighted by molar-refractivity contribution is 0.435. The maximum absolute atomic E-state index is 14.0. The average Bonchev–Trinajstić information content (AvgIpc) is 2.99. The van der Waals surface area contributed by atoms with Crippen LogP contribution in [0.5, 0.6) is 0 Å². The van der Waals surface area contributed by atoms with E-state index >= 15 is 0 Å². The van der Waals surface area contributed by atoms with Crippen molar-refractivity contribution in [2.75, 3.05) is 5.73 Å². The lowest BCUT2D eigenvalue weighted by Crippen LogP contribution is -1.92. The monoisotopic (exact) mass is 278 g/mol. The summed E-state index contributed by atoms with van der Waals surface area (Å²) in [4.78, 5) is 0. The van der Waals surface area contributed by atoms with Crippen molar-refractivity contribution in [3.8, 4) is 22.5 Å². The molecule has 0 aliphatic heterocycles. The molecule has 0 aliphatic rings. The summed E-state index contributed by atoms with van der Waals surface area (Å²) < 4.78 is 24.1. The van der Waals surface area contributed by atoms with Gasteiger partial charge in [0.25, 0.3) is 0 Å². The van der Waals surface area contributed by atoms with Gasteiger partial charge in [-0.1, -0.05) is 22.8 Å². The number of furan rings is 1. The third-order valence-corrected chi connectivity index (χ3v) is 3.03. The minimum atomic E-state index is -0.493. The minimum Gasteiger partial charge on any atom is -0.472 e. The highest BCUT2D eigenvalue weighted by molar-refractivity contribution is 6.33. The summed E-state index contributed by atoms with van der Waals surface area (Å²) in [7, 11) is 0. The molecule has 4 nitrogen and oxygen atoms in total. The van der Waals surface area contributed by atoms with Crippen LogP contribution in [0.15, 0.2) is 45.7 Å². The van der Waals surface area contributed by atoms with Gasteiger partial charge in [0.15, 0.2) is 11.6 Å². The Morgan fingerprint density at radius 3 is 2.74 bits per heavy atom. The van der Waals surface area contributed by atoms with Crippen LogP contribution in [-0.4, -0.2) is 5.16 Å². The van der Waals surface area contributed by atoms with Crippen LogP contribution in [0.1, 0.15) is 0 Å². The molecule has 0 fully saturated rings. The molecule has 2 aromatic heterocycles. The van der Waals surface area contributed by atoms with Crippen molar-refractivity contribution in [3.05, 3.63) is 47.6 Å². The second-order valence-corrected chi connectivity index (χ2v) is 4.29. The minimum absolute atomic E-state index is 0.0724. The summed E-state index contributed by atoms with van der Waals surface area (Å²) in [5.41, 5.74) is 6.86. The van der Waals surface area contributed by atoms with E-state index in [0.717, 1.165) is 0 Å². The predicted molar refractivity (Wildman–Crippen MR) is 69.0 cm³/mol. The van der Waals surface area contributed by atoms with Crippen molar-refractivity contribution in [2.45, 2.75) is 0 Å². The van der Waals surface area contributed by atoms with E-state index in [0.29, 0.717) is 16.9 Å². The van der Waals surface area contributed by atoms with Crippen molar-refractivity contribution in [1.29, 1.82) is 0 Å². The van der Waals surface area contributed by atoms with Gasteiger partial charge in [-0.2, -0.15) is 0 Å². The van der Waals surface area contributed by atoms with Crippen LogP contribution in [0.3, 0.4) is 0 Å². The van der Waals surface area contributed by atoms with E-state index in [-0.39, 0.29) is 16.4 Å². The van der Waals surface area contributed by atoms with E-state index in [1.54, 1.807) is 12.1 Å². The molecule has 96 valence electrons. The second kappa shape index (κ2) is 4.44. The number of nitrogens with zero attached hydrogens (tertiary/aromatic N) is 1. The Balaban J connectivity index is 2.29. The van der Waals surface area contributed by atoms with Gasteiger partial charge in [0.05, 0.1) is 22.4 Å². The van der Waals surface area contributed by atoms with E-state index in [9.17, 15) is 4.39 Å². The van der Waals surface area contributed by atoms with Crippen molar-refractivity contribution in [3.63, 3.8) is 0 Å². The summed E-state index contributed by atoms with van der Waals surface area (Å²) in [5.74, 6) is -0.103. The third-order valence-electron chi connectivity index (χ3n) is 2.71. The summed E-state index contributed by atoms with van der Waals surface area (Å²) in [6, 6.07) is 6.05. The van der Waals surface area contributed by atoms with Gasteiger partial charge in [-0.25, -0.2) is 4.39 Å². The van der Waals surface area contributed by atoms with Gasteiger partial charge in [0.2, 0.25) is 0 Å². The molecule has 0 unspecified atom stereocenters. The molecule has 19 heavy (non-hydrogen) atoms. The molecule has 0 saturated heterocycles. The molecular formula is C13H8ClFN2O2. The van der Waals surface area contributed by atoms with Crippen LogP contribution in [0.4, 0.5) is 10.2 Å². The zero-order valence-electron chi connectivity index (χ0n) is 9.56. The van der Waals surface area contributed by atoms with Crippen LogP contribution in [0.25, 0.3) is 22.5 Å². The van der Waals surface area contributed by atoms with E-state index in [2.05, 4.69) is 5.16 Å². The Kier molecular flexibility index (Phi) is 2.76. The molecule has 2 heterocycles. The number of anilines is 1. The fourth-order valence-electron chi connectivity index (χ4n) is 1.87. The molecule has 3 rings (SSSR count). The Labute approximate surface area is 112 Å². The molecule has 0 aliphatic carbocycles. The first-order chi connectivity index (χ1) is 9.18. The SMILES string of the molecule is Nc1noc(-c2ccoc2)c1-c1c(F)cccc1Cl. The number of rotatable bonds is 2. The Bertz CT molecular complexity index is 702. The van der Waals surface area contributed by atoms with Gasteiger partial charge in [0, 0.05) is 5.56 Å². The van der Waals surface area contributed by atoms with Crippen molar-refractivity contribution in [1.82, 2.24) is 5.16 Å². The molecule has 2 N–H and O–H groups in total. The van der Waals surface area contributed by atoms with Gasteiger partial charge in [0.1, 0.15) is 12.1 Å². The molecule has 0 radical (unpaired) electrons. The zero-order chi connectivity index (χ0) is 13.4. The summed E-state index contributed by atoms with van der Waals surface area (Å²) >= 11 is 6.04. The lowest BCUT2D eigenvalue weighted by Gasteiger charge is -2.05. The number of hydrogen-bond donors (Lipinski definition) is 1. The van der Waals surface area contributed by atoms with Crippen LogP contribution >= 0.6 is 11.6 Å². The number of nitrogen functional groups attached to an aromatic ring is 1. The van der Waals surface area contributed by atoms with E-state index in [1.807, 2.05) is 0 Å². The van der Waals surface area contributed by atoms with Crippen molar-refractivity contribution in [2.24, 2.45) is 0 Å². The molecule has 1 aromatic carbocycles. The Morgan fingerprint density at radius 2 is 2.05 bits per heavy atom. The van der Waals surface area contributed by atoms with Crippen LogP contribution in [0, 0.1) is 5.82 Å². The number of hydrogen-bond acceptors (Lipinski definition) is 4. The molecule has 0 saturated carbocycles. The van der Waals surface area contributed by atoms with Crippen LogP contribution in [-0.2, 0) is 0 Å². The molecule has 0 spiro atoms. The maximum Gasteiger partial charge on any atom is 0.180 e. The zero-order valence-corrected chi connectivity index (χ0v) is 10.3. The molecule has 0 amide bonds. The highest BCUT2D eigenvalue weighted by Crippen LogP contribution is 2.41. The smallest absolute Gasteiger partial charge is 0.180 e. The molecule has 6 heteroatoms. The normalized spacial score (nSPS) is 10.8. The van der Waals surface area contributed by atoms with Gasteiger partial charge in [-0.15, -0.1) is 0 Å². The molecule has 0 atom stereocenters. The largest absolute Gasteiger partial charge is 0.472 e. The summed E-state index contributed by atoms with van der Waals surface area (Å²) in [6.07, 6.45) is 2.93. The first-order valence-corrected chi connectivity index (χ1v) is 5.78. The number of benzene rings is 1. The standard InChI is InChI=1S/C13H8ClFN2O2/c14-8-2-1-3-9(15)10(8)11-12(19-17-13(11)16)7-4-5-18-6-7/h1-6H,(H2,16,17). The second-order valence-electron chi connectivity index (χ2n) is 3.88. The van der Waals surface area contributed by atoms with Gasteiger partial charge in [-0.05, 0) is 18.2 Å². The maximum atomic E-state index is 14.0. The first-order valence-electron chi connectivity index (χ1n) is 5.40. The van der Waals surface area contributed by atoms with Gasteiger partial charge in [-0.3, -0.25) is 0 Å². The number of aromatic nitrogens is 1. The Hall–Kier alpha value is -2.27. The molecule has 0 bridgehead atoms. The summed E-state index contributed by atoms with van der Waals surface area (Å²) in [6.45, 7) is 0. The van der Waals surface area contributed by atoms with Crippen molar-refractivity contribution >= 4 is 17.4 Å². The van der Waals surface area contributed by atoms with E-state index in [4.69, 9.17) is 26.3 Å². The van der Waals surface area contributed by atoms with Crippen LogP contribution < -0.4 is 5.73 Å². The van der Waals surface area contributed by atoms with Gasteiger partial charge >= 0.3 is 0 Å². The highest BCUT2D eigenvalue weighted by Gasteiger charge is 2.23. The fourth-order valence-corrected chi connectivity index (χ4v) is 2.13. The fraction of sp³-hybridized carbons (Fsp3) is 0. The Morgan fingerprint density at radius 1 is 1.21 bits per heavy atom. The lowest BCUT2D eigenvalue weighted by atomic mass is 10.0.